The smallest absolute Gasteiger partial charge is 0.410 e. The van der Waals surface area contributed by atoms with Crippen molar-refractivity contribution in [2.24, 2.45) is 0 Å². The average molecular weight is 414 g/mol. The van der Waals surface area contributed by atoms with Crippen LogP contribution in [0.25, 0.3) is 11.5 Å². The Labute approximate surface area is 178 Å². The van der Waals surface area contributed by atoms with Crippen LogP contribution >= 0.6 is 0 Å². The quantitative estimate of drug-likeness (QED) is 0.759. The van der Waals surface area contributed by atoms with Crippen LogP contribution in [0, 0.1) is 6.92 Å². The molecule has 0 spiro atoms. The molecular formula is C23H31N3O4. The van der Waals surface area contributed by atoms with Crippen molar-refractivity contribution in [3.05, 3.63) is 41.8 Å². The highest BCUT2D eigenvalue weighted by molar-refractivity contribution is 5.79. The van der Waals surface area contributed by atoms with E-state index in [1.807, 2.05) is 76.8 Å². The molecule has 1 aliphatic rings. The summed E-state index contributed by atoms with van der Waals surface area (Å²) in [6.07, 6.45) is -0.167. The van der Waals surface area contributed by atoms with Gasteiger partial charge in [-0.2, -0.15) is 0 Å². The average Bonchev–Trinajstić information content (AvgIpc) is 3.03. The molecule has 1 saturated heterocycles. The van der Waals surface area contributed by atoms with E-state index in [1.165, 1.54) is 0 Å². The molecule has 0 bridgehead atoms. The zero-order valence-electron chi connectivity index (χ0n) is 18.6. The van der Waals surface area contributed by atoms with Crippen LogP contribution in [0.3, 0.4) is 0 Å². The second-order valence-corrected chi connectivity index (χ2v) is 8.81. The molecule has 0 saturated carbocycles. The van der Waals surface area contributed by atoms with E-state index in [1.54, 1.807) is 4.90 Å². The summed E-state index contributed by atoms with van der Waals surface area (Å²) in [5.74, 6) is 1.15. The summed E-state index contributed by atoms with van der Waals surface area (Å²) in [6, 6.07) is 9.37. The molecule has 2 amide bonds. The van der Waals surface area contributed by atoms with Crippen LogP contribution in [-0.2, 0) is 16.0 Å². The summed E-state index contributed by atoms with van der Waals surface area (Å²) in [6.45, 7) is 12.2. The lowest BCUT2D eigenvalue weighted by molar-refractivity contribution is -0.136. The van der Waals surface area contributed by atoms with E-state index in [4.69, 9.17) is 9.15 Å². The largest absolute Gasteiger partial charge is 0.444 e. The van der Waals surface area contributed by atoms with Gasteiger partial charge in [-0.15, -0.1) is 0 Å². The number of piperazine rings is 1. The Morgan fingerprint density at radius 3 is 2.33 bits per heavy atom. The maximum atomic E-state index is 13.0. The first-order valence-corrected chi connectivity index (χ1v) is 10.4. The summed E-state index contributed by atoms with van der Waals surface area (Å²) in [4.78, 5) is 33.6. The van der Waals surface area contributed by atoms with Crippen molar-refractivity contribution < 1.29 is 18.7 Å². The van der Waals surface area contributed by atoms with Gasteiger partial charge in [0, 0.05) is 24.7 Å². The molecule has 1 fully saturated rings. The fraction of sp³-hybridized carbons (Fsp3) is 0.522. The van der Waals surface area contributed by atoms with Crippen molar-refractivity contribution in [2.75, 3.05) is 13.1 Å². The van der Waals surface area contributed by atoms with Crippen LogP contribution in [0.2, 0.25) is 0 Å². The number of carbonyl (C=O) groups excluding carboxylic acids is 2. The lowest BCUT2D eigenvalue weighted by atomic mass is 10.0. The number of hydrogen-bond acceptors (Lipinski definition) is 5. The van der Waals surface area contributed by atoms with E-state index in [0.29, 0.717) is 30.4 Å². The molecule has 2 heterocycles. The van der Waals surface area contributed by atoms with Crippen molar-refractivity contribution >= 4 is 12.0 Å². The Balaban J connectivity index is 1.67. The maximum absolute atomic E-state index is 13.0. The third-order valence-corrected chi connectivity index (χ3v) is 5.44. The van der Waals surface area contributed by atoms with Crippen LogP contribution in [-0.4, -0.2) is 57.6 Å². The molecule has 1 aromatic carbocycles. The molecule has 3 rings (SSSR count). The predicted octanol–water partition coefficient (Wildman–Crippen LogP) is 4.05. The van der Waals surface area contributed by atoms with Crippen LogP contribution < -0.4 is 0 Å². The number of oxazole rings is 1. The summed E-state index contributed by atoms with van der Waals surface area (Å²) in [7, 11) is 0. The fourth-order valence-corrected chi connectivity index (χ4v) is 3.61. The molecule has 2 aromatic rings. The van der Waals surface area contributed by atoms with Crippen molar-refractivity contribution in [2.45, 2.75) is 65.6 Å². The second kappa shape index (κ2) is 8.50. The number of benzene rings is 1. The van der Waals surface area contributed by atoms with Gasteiger partial charge in [-0.3, -0.25) is 4.79 Å². The van der Waals surface area contributed by atoms with Crippen molar-refractivity contribution in [3.8, 4) is 11.5 Å². The fourth-order valence-electron chi connectivity index (χ4n) is 3.61. The zero-order valence-corrected chi connectivity index (χ0v) is 18.6. The van der Waals surface area contributed by atoms with Gasteiger partial charge < -0.3 is 19.0 Å². The minimum absolute atomic E-state index is 0.0193. The third-order valence-electron chi connectivity index (χ3n) is 5.44. The molecule has 1 aromatic heterocycles. The van der Waals surface area contributed by atoms with Gasteiger partial charge in [-0.05, 0) is 53.7 Å². The minimum atomic E-state index is -0.548. The molecule has 2 atom stereocenters. The Hall–Kier alpha value is -2.83. The highest BCUT2D eigenvalue weighted by Gasteiger charge is 2.37. The minimum Gasteiger partial charge on any atom is -0.444 e. The van der Waals surface area contributed by atoms with Crippen molar-refractivity contribution in [3.63, 3.8) is 0 Å². The molecule has 0 aliphatic carbocycles. The summed E-state index contributed by atoms with van der Waals surface area (Å²) in [5, 5.41) is 0. The van der Waals surface area contributed by atoms with E-state index >= 15 is 0 Å². The van der Waals surface area contributed by atoms with E-state index in [2.05, 4.69) is 4.98 Å². The maximum Gasteiger partial charge on any atom is 0.410 e. The first-order chi connectivity index (χ1) is 14.1. The molecule has 1 aliphatic heterocycles. The molecular weight excluding hydrogens is 382 g/mol. The van der Waals surface area contributed by atoms with Gasteiger partial charge in [-0.1, -0.05) is 18.2 Å². The number of carbonyl (C=O) groups is 2. The van der Waals surface area contributed by atoms with E-state index < -0.39 is 5.60 Å². The van der Waals surface area contributed by atoms with Crippen molar-refractivity contribution in [1.29, 1.82) is 0 Å². The molecule has 0 N–H and O–H groups in total. The summed E-state index contributed by atoms with van der Waals surface area (Å²) >= 11 is 0. The topological polar surface area (TPSA) is 75.9 Å². The Morgan fingerprint density at radius 2 is 1.70 bits per heavy atom. The molecule has 162 valence electrons. The Kier molecular flexibility index (Phi) is 6.19. The van der Waals surface area contributed by atoms with Crippen molar-refractivity contribution in [1.82, 2.24) is 14.8 Å². The monoisotopic (exact) mass is 413 g/mol. The van der Waals surface area contributed by atoms with Gasteiger partial charge in [0.15, 0.2) is 0 Å². The molecule has 0 radical (unpaired) electrons. The first kappa shape index (κ1) is 21.9. The first-order valence-electron chi connectivity index (χ1n) is 10.4. The summed E-state index contributed by atoms with van der Waals surface area (Å²) < 4.78 is 11.3. The van der Waals surface area contributed by atoms with E-state index in [9.17, 15) is 9.59 Å². The van der Waals surface area contributed by atoms with Crippen LogP contribution in [0.1, 0.15) is 46.1 Å². The van der Waals surface area contributed by atoms with E-state index in [0.717, 1.165) is 5.56 Å². The third kappa shape index (κ3) is 4.83. The number of hydrogen-bond donors (Lipinski definition) is 0. The number of ether oxygens (including phenoxy) is 1. The van der Waals surface area contributed by atoms with Gasteiger partial charge >= 0.3 is 6.09 Å². The zero-order chi connectivity index (χ0) is 22.1. The number of nitrogens with zero attached hydrogens (tertiary/aromatic N) is 3. The molecule has 7 nitrogen and oxygen atoms in total. The number of aryl methyl sites for hydroxylation is 1. The Bertz CT molecular complexity index is 901. The van der Waals surface area contributed by atoms with Crippen LogP contribution in [0.4, 0.5) is 4.79 Å². The predicted molar refractivity (Wildman–Crippen MR) is 114 cm³/mol. The number of amides is 2. The lowest BCUT2D eigenvalue weighted by Crippen LogP contribution is -2.61. The van der Waals surface area contributed by atoms with Crippen LogP contribution in [0.5, 0.6) is 0 Å². The number of aromatic nitrogens is 1. The van der Waals surface area contributed by atoms with Gasteiger partial charge in [0.05, 0.1) is 18.2 Å². The second-order valence-electron chi connectivity index (χ2n) is 8.81. The lowest BCUT2D eigenvalue weighted by Gasteiger charge is -2.45. The van der Waals surface area contributed by atoms with Gasteiger partial charge in [0.25, 0.3) is 0 Å². The highest BCUT2D eigenvalue weighted by Crippen LogP contribution is 2.24. The van der Waals surface area contributed by atoms with Gasteiger partial charge in [0.1, 0.15) is 11.4 Å². The molecule has 7 heteroatoms. The van der Waals surface area contributed by atoms with Crippen LogP contribution in [0.15, 0.2) is 34.7 Å². The number of rotatable bonds is 3. The normalized spacial score (nSPS) is 19.7. The standard InChI is InChI=1S/C23H31N3O4/c1-15-16(2)26(22(28)30-23(4,5)6)13-12-25(15)20(27)14-19-17(3)29-21(24-19)18-10-8-7-9-11-18/h7-11,15-16H,12-14H2,1-6H3/t15-,16+/m1/s1. The SMILES string of the molecule is Cc1oc(-c2ccccc2)nc1CC(=O)N1CCN(C(=O)OC(C)(C)C)[C@@H](C)[C@H]1C. The molecule has 30 heavy (non-hydrogen) atoms. The van der Waals surface area contributed by atoms with Gasteiger partial charge in [-0.25, -0.2) is 9.78 Å². The summed E-state index contributed by atoms with van der Waals surface area (Å²) in [5.41, 5.74) is 0.981. The highest BCUT2D eigenvalue weighted by atomic mass is 16.6. The van der Waals surface area contributed by atoms with E-state index in [-0.39, 0.29) is 30.5 Å². The Morgan fingerprint density at radius 1 is 1.10 bits per heavy atom. The molecule has 0 unspecified atom stereocenters. The van der Waals surface area contributed by atoms with Gasteiger partial charge in [0.2, 0.25) is 11.8 Å².